The average molecular weight is 273 g/mol. The minimum Gasteiger partial charge on any atom is -0.356 e. The zero-order valence-electron chi connectivity index (χ0n) is 12.5. The van der Waals surface area contributed by atoms with Gasteiger partial charge in [-0.25, -0.2) is 4.98 Å². The fourth-order valence-electron chi connectivity index (χ4n) is 1.81. The summed E-state index contributed by atoms with van der Waals surface area (Å²) in [4.78, 5) is 4.37. The summed E-state index contributed by atoms with van der Waals surface area (Å²) in [5.74, 6) is 0.994. The summed E-state index contributed by atoms with van der Waals surface area (Å²) >= 11 is 0. The quantitative estimate of drug-likeness (QED) is 0.879. The molecule has 0 saturated carbocycles. The lowest BCUT2D eigenvalue weighted by atomic mass is 10.1. The molecule has 0 saturated heterocycles. The molecule has 0 aliphatic heterocycles. The van der Waals surface area contributed by atoms with E-state index >= 15 is 0 Å². The second-order valence-corrected chi connectivity index (χ2v) is 5.88. The SMILES string of the molecule is CC(C)(C)NCc1nccn1COCc1ccccc1. The molecule has 0 unspecified atom stereocenters. The van der Waals surface area contributed by atoms with E-state index in [2.05, 4.69) is 43.2 Å². The molecule has 0 fully saturated rings. The molecule has 2 rings (SSSR count). The van der Waals surface area contributed by atoms with Crippen LogP contribution in [0.5, 0.6) is 0 Å². The second-order valence-electron chi connectivity index (χ2n) is 5.88. The van der Waals surface area contributed by atoms with E-state index in [4.69, 9.17) is 4.74 Å². The first-order valence-electron chi connectivity index (χ1n) is 6.91. The molecule has 0 spiro atoms. The van der Waals surface area contributed by atoms with Crippen LogP contribution in [-0.4, -0.2) is 15.1 Å². The largest absolute Gasteiger partial charge is 0.356 e. The Hall–Kier alpha value is -1.65. The van der Waals surface area contributed by atoms with Gasteiger partial charge in [0.2, 0.25) is 0 Å². The van der Waals surface area contributed by atoms with Crippen LogP contribution < -0.4 is 5.32 Å². The van der Waals surface area contributed by atoms with Crippen LogP contribution in [-0.2, 0) is 24.6 Å². The third kappa shape index (κ3) is 4.79. The molecular weight excluding hydrogens is 250 g/mol. The van der Waals surface area contributed by atoms with Gasteiger partial charge in [0.1, 0.15) is 12.6 Å². The van der Waals surface area contributed by atoms with Crippen LogP contribution >= 0.6 is 0 Å². The van der Waals surface area contributed by atoms with Crippen molar-refractivity contribution in [3.8, 4) is 0 Å². The highest BCUT2D eigenvalue weighted by atomic mass is 16.5. The van der Waals surface area contributed by atoms with E-state index in [1.807, 2.05) is 35.2 Å². The Labute approximate surface area is 120 Å². The number of nitrogens with one attached hydrogen (secondary N) is 1. The monoisotopic (exact) mass is 273 g/mol. The van der Waals surface area contributed by atoms with Crippen molar-refractivity contribution in [2.45, 2.75) is 46.2 Å². The maximum atomic E-state index is 5.73. The Morgan fingerprint density at radius 2 is 1.95 bits per heavy atom. The number of hydrogen-bond donors (Lipinski definition) is 1. The van der Waals surface area contributed by atoms with E-state index in [0.717, 1.165) is 12.4 Å². The number of aromatic nitrogens is 2. The van der Waals surface area contributed by atoms with Gasteiger partial charge in [-0.2, -0.15) is 0 Å². The molecule has 1 aromatic heterocycles. The van der Waals surface area contributed by atoms with Crippen LogP contribution in [0.25, 0.3) is 0 Å². The van der Waals surface area contributed by atoms with Crippen molar-refractivity contribution in [3.63, 3.8) is 0 Å². The standard InChI is InChI=1S/C16H23N3O/c1-16(2,3)18-11-15-17-9-10-19(15)13-20-12-14-7-5-4-6-8-14/h4-10,18H,11-13H2,1-3H3. The van der Waals surface area contributed by atoms with Crippen LogP contribution in [0.2, 0.25) is 0 Å². The van der Waals surface area contributed by atoms with E-state index in [1.54, 1.807) is 0 Å². The minimum atomic E-state index is 0.0850. The maximum absolute atomic E-state index is 5.73. The smallest absolute Gasteiger partial charge is 0.124 e. The van der Waals surface area contributed by atoms with Crippen molar-refractivity contribution in [2.24, 2.45) is 0 Å². The van der Waals surface area contributed by atoms with E-state index < -0.39 is 0 Å². The molecule has 0 bridgehead atoms. The Kier molecular flexibility index (Phi) is 4.93. The Morgan fingerprint density at radius 1 is 1.20 bits per heavy atom. The Balaban J connectivity index is 1.83. The predicted octanol–water partition coefficient (Wildman–Crippen LogP) is 2.95. The molecule has 4 heteroatoms. The van der Waals surface area contributed by atoms with Crippen molar-refractivity contribution >= 4 is 0 Å². The highest BCUT2D eigenvalue weighted by Crippen LogP contribution is 2.05. The van der Waals surface area contributed by atoms with Gasteiger partial charge in [0.05, 0.1) is 13.2 Å². The van der Waals surface area contributed by atoms with Gasteiger partial charge in [-0.1, -0.05) is 30.3 Å². The molecule has 0 aliphatic rings. The summed E-state index contributed by atoms with van der Waals surface area (Å²) in [7, 11) is 0. The number of benzene rings is 1. The van der Waals surface area contributed by atoms with Crippen molar-refractivity contribution in [1.82, 2.24) is 14.9 Å². The lowest BCUT2D eigenvalue weighted by molar-refractivity contribution is 0.0617. The molecule has 0 radical (unpaired) electrons. The molecule has 20 heavy (non-hydrogen) atoms. The Bertz CT molecular complexity index is 514. The number of imidazole rings is 1. The summed E-state index contributed by atoms with van der Waals surface area (Å²) in [5, 5.41) is 3.43. The van der Waals surface area contributed by atoms with Crippen LogP contribution in [0.4, 0.5) is 0 Å². The molecule has 2 aromatic rings. The molecule has 0 atom stereocenters. The van der Waals surface area contributed by atoms with Gasteiger partial charge in [0, 0.05) is 17.9 Å². The van der Waals surface area contributed by atoms with Crippen LogP contribution in [0, 0.1) is 0 Å². The molecule has 1 N–H and O–H groups in total. The third-order valence-electron chi connectivity index (χ3n) is 2.92. The summed E-state index contributed by atoms with van der Waals surface area (Å²) in [6, 6.07) is 10.2. The summed E-state index contributed by atoms with van der Waals surface area (Å²) in [6.45, 7) is 8.32. The highest BCUT2D eigenvalue weighted by Gasteiger charge is 2.10. The van der Waals surface area contributed by atoms with Gasteiger partial charge in [-0.05, 0) is 26.3 Å². The van der Waals surface area contributed by atoms with E-state index in [-0.39, 0.29) is 5.54 Å². The van der Waals surface area contributed by atoms with Crippen LogP contribution in [0.15, 0.2) is 42.7 Å². The predicted molar refractivity (Wildman–Crippen MR) is 80.1 cm³/mol. The second kappa shape index (κ2) is 6.68. The topological polar surface area (TPSA) is 39.1 Å². The number of ether oxygens (including phenoxy) is 1. The van der Waals surface area contributed by atoms with Crippen molar-refractivity contribution < 1.29 is 4.74 Å². The first-order valence-corrected chi connectivity index (χ1v) is 6.91. The van der Waals surface area contributed by atoms with E-state index in [9.17, 15) is 0 Å². The van der Waals surface area contributed by atoms with Crippen LogP contribution in [0.3, 0.4) is 0 Å². The fourth-order valence-corrected chi connectivity index (χ4v) is 1.81. The van der Waals surface area contributed by atoms with Gasteiger partial charge in [0.15, 0.2) is 0 Å². The zero-order chi connectivity index (χ0) is 14.4. The van der Waals surface area contributed by atoms with Gasteiger partial charge in [0.25, 0.3) is 0 Å². The Morgan fingerprint density at radius 3 is 2.65 bits per heavy atom. The maximum Gasteiger partial charge on any atom is 0.124 e. The number of rotatable bonds is 6. The number of hydrogen-bond acceptors (Lipinski definition) is 3. The third-order valence-corrected chi connectivity index (χ3v) is 2.92. The highest BCUT2D eigenvalue weighted by molar-refractivity contribution is 5.13. The molecule has 0 amide bonds. The lowest BCUT2D eigenvalue weighted by Gasteiger charge is -2.20. The molecule has 0 aliphatic carbocycles. The average Bonchev–Trinajstić information content (AvgIpc) is 2.84. The molecule has 1 heterocycles. The van der Waals surface area contributed by atoms with Crippen LogP contribution in [0.1, 0.15) is 32.2 Å². The molecule has 108 valence electrons. The summed E-state index contributed by atoms with van der Waals surface area (Å²) in [5.41, 5.74) is 1.27. The first-order chi connectivity index (χ1) is 9.54. The normalized spacial score (nSPS) is 11.8. The van der Waals surface area contributed by atoms with Gasteiger partial charge in [-0.15, -0.1) is 0 Å². The number of nitrogens with zero attached hydrogens (tertiary/aromatic N) is 2. The summed E-state index contributed by atoms with van der Waals surface area (Å²) in [6.07, 6.45) is 3.76. The fraction of sp³-hybridized carbons (Fsp3) is 0.438. The van der Waals surface area contributed by atoms with Crippen molar-refractivity contribution in [2.75, 3.05) is 0 Å². The van der Waals surface area contributed by atoms with Crippen molar-refractivity contribution in [1.29, 1.82) is 0 Å². The molecule has 1 aromatic carbocycles. The zero-order valence-corrected chi connectivity index (χ0v) is 12.5. The lowest BCUT2D eigenvalue weighted by Crippen LogP contribution is -2.36. The molecular formula is C16H23N3O. The van der Waals surface area contributed by atoms with Gasteiger partial charge < -0.3 is 14.6 Å². The first kappa shape index (κ1) is 14.8. The summed E-state index contributed by atoms with van der Waals surface area (Å²) < 4.78 is 7.76. The van der Waals surface area contributed by atoms with Gasteiger partial charge >= 0.3 is 0 Å². The van der Waals surface area contributed by atoms with E-state index in [0.29, 0.717) is 13.3 Å². The van der Waals surface area contributed by atoms with Gasteiger partial charge in [-0.3, -0.25) is 0 Å². The van der Waals surface area contributed by atoms with E-state index in [1.165, 1.54) is 5.56 Å². The minimum absolute atomic E-state index is 0.0850. The molecule has 4 nitrogen and oxygen atoms in total. The van der Waals surface area contributed by atoms with Crippen molar-refractivity contribution in [3.05, 3.63) is 54.1 Å².